The van der Waals surface area contributed by atoms with E-state index in [1.54, 1.807) is 42.5 Å². The van der Waals surface area contributed by atoms with Crippen molar-refractivity contribution in [1.82, 2.24) is 0 Å². The summed E-state index contributed by atoms with van der Waals surface area (Å²) in [6.07, 6.45) is 0.257. The van der Waals surface area contributed by atoms with Crippen molar-refractivity contribution in [2.45, 2.75) is 17.7 Å². The van der Waals surface area contributed by atoms with Crippen molar-refractivity contribution in [2.75, 3.05) is 11.5 Å². The molecule has 0 fully saturated rings. The normalized spacial score (nSPS) is 12.7. The molecule has 2 aromatic carbocycles. The Labute approximate surface area is 135 Å². The molecule has 0 aliphatic carbocycles. The fourth-order valence-electron chi connectivity index (χ4n) is 2.34. The number of sulfone groups is 1. The lowest BCUT2D eigenvalue weighted by Gasteiger charge is -2.14. The molecule has 0 aliphatic heterocycles. The monoisotopic (exact) mass is 333 g/mol. The third-order valence-corrected chi connectivity index (χ3v) is 5.47. The summed E-state index contributed by atoms with van der Waals surface area (Å²) in [6.45, 7) is 0. The third kappa shape index (κ3) is 4.56. The van der Waals surface area contributed by atoms with Crippen LogP contribution in [0.25, 0.3) is 0 Å². The largest absolute Gasteiger partial charge is 0.481 e. The molecule has 6 heteroatoms. The number of anilines is 1. The zero-order valence-corrected chi connectivity index (χ0v) is 13.4. The SMILES string of the molecule is Nc1ccccc1CC(CCS(=O)(=O)c1ccccc1)C(=O)O. The van der Waals surface area contributed by atoms with Crippen LogP contribution in [-0.2, 0) is 21.1 Å². The molecule has 3 N–H and O–H groups in total. The van der Waals surface area contributed by atoms with Gasteiger partial charge < -0.3 is 10.8 Å². The Morgan fingerprint density at radius 3 is 2.26 bits per heavy atom. The van der Waals surface area contributed by atoms with Crippen molar-refractivity contribution in [2.24, 2.45) is 5.92 Å². The fourth-order valence-corrected chi connectivity index (χ4v) is 3.74. The Hall–Kier alpha value is -2.34. The van der Waals surface area contributed by atoms with Gasteiger partial charge in [-0.1, -0.05) is 36.4 Å². The first-order valence-electron chi connectivity index (χ1n) is 7.24. The summed E-state index contributed by atoms with van der Waals surface area (Å²) >= 11 is 0. The highest BCUT2D eigenvalue weighted by atomic mass is 32.2. The molecular weight excluding hydrogens is 314 g/mol. The van der Waals surface area contributed by atoms with Gasteiger partial charge in [0.05, 0.1) is 16.6 Å². The van der Waals surface area contributed by atoms with Crippen LogP contribution in [-0.4, -0.2) is 25.2 Å². The van der Waals surface area contributed by atoms with Gasteiger partial charge in [-0.25, -0.2) is 8.42 Å². The number of nitrogens with two attached hydrogens (primary N) is 1. The van der Waals surface area contributed by atoms with Crippen molar-refractivity contribution in [3.8, 4) is 0 Å². The number of benzene rings is 2. The summed E-state index contributed by atoms with van der Waals surface area (Å²) in [4.78, 5) is 11.6. The molecule has 122 valence electrons. The quantitative estimate of drug-likeness (QED) is 0.758. The van der Waals surface area contributed by atoms with Crippen LogP contribution in [0.3, 0.4) is 0 Å². The van der Waals surface area contributed by atoms with E-state index in [0.29, 0.717) is 5.69 Å². The van der Waals surface area contributed by atoms with Crippen LogP contribution < -0.4 is 5.73 Å². The van der Waals surface area contributed by atoms with Crippen molar-refractivity contribution in [3.05, 3.63) is 60.2 Å². The molecule has 0 spiro atoms. The molecule has 0 aliphatic rings. The Morgan fingerprint density at radius 2 is 1.65 bits per heavy atom. The maximum atomic E-state index is 12.3. The lowest BCUT2D eigenvalue weighted by atomic mass is 9.96. The van der Waals surface area contributed by atoms with Crippen LogP contribution in [0.2, 0.25) is 0 Å². The zero-order chi connectivity index (χ0) is 16.9. The number of hydrogen-bond acceptors (Lipinski definition) is 4. The van der Waals surface area contributed by atoms with Crippen molar-refractivity contribution < 1.29 is 18.3 Å². The number of aliphatic carboxylic acids is 1. The summed E-state index contributed by atoms with van der Waals surface area (Å²) in [5.41, 5.74) is 7.07. The minimum atomic E-state index is -3.49. The third-order valence-electron chi connectivity index (χ3n) is 3.71. The lowest BCUT2D eigenvalue weighted by molar-refractivity contribution is -0.141. The first kappa shape index (κ1) is 17.0. The highest BCUT2D eigenvalue weighted by Gasteiger charge is 2.23. The Bertz CT molecular complexity index is 772. The number of carbonyl (C=O) groups is 1. The molecule has 0 aromatic heterocycles. The van der Waals surface area contributed by atoms with Gasteiger partial charge in [0.2, 0.25) is 0 Å². The second kappa shape index (κ2) is 7.28. The van der Waals surface area contributed by atoms with E-state index in [4.69, 9.17) is 5.73 Å². The van der Waals surface area contributed by atoms with Crippen molar-refractivity contribution in [3.63, 3.8) is 0 Å². The number of carboxylic acid groups (broad SMARTS) is 1. The number of para-hydroxylation sites is 1. The van der Waals surface area contributed by atoms with E-state index >= 15 is 0 Å². The lowest BCUT2D eigenvalue weighted by Crippen LogP contribution is -2.21. The van der Waals surface area contributed by atoms with Crippen LogP contribution >= 0.6 is 0 Å². The molecule has 2 aromatic rings. The van der Waals surface area contributed by atoms with Gasteiger partial charge in [0, 0.05) is 5.69 Å². The first-order chi connectivity index (χ1) is 10.9. The number of rotatable bonds is 7. The second-order valence-corrected chi connectivity index (χ2v) is 7.47. The molecule has 0 radical (unpaired) electrons. The molecule has 0 bridgehead atoms. The van der Waals surface area contributed by atoms with Gasteiger partial charge >= 0.3 is 5.97 Å². The molecule has 1 unspecified atom stereocenters. The summed E-state index contributed by atoms with van der Waals surface area (Å²) < 4.78 is 24.5. The average molecular weight is 333 g/mol. The van der Waals surface area contributed by atoms with E-state index < -0.39 is 21.7 Å². The van der Waals surface area contributed by atoms with Gasteiger partial charge in [-0.05, 0) is 36.6 Å². The summed E-state index contributed by atoms with van der Waals surface area (Å²) in [7, 11) is -3.49. The topological polar surface area (TPSA) is 97.5 Å². The minimum absolute atomic E-state index is 0.0426. The van der Waals surface area contributed by atoms with Gasteiger partial charge in [-0.15, -0.1) is 0 Å². The van der Waals surface area contributed by atoms with E-state index in [9.17, 15) is 18.3 Å². The maximum Gasteiger partial charge on any atom is 0.306 e. The van der Waals surface area contributed by atoms with Gasteiger partial charge in [0.1, 0.15) is 0 Å². The molecular formula is C17H19NO4S. The van der Waals surface area contributed by atoms with Gasteiger partial charge in [-0.2, -0.15) is 0 Å². The van der Waals surface area contributed by atoms with E-state index in [-0.39, 0.29) is 23.5 Å². The highest BCUT2D eigenvalue weighted by Crippen LogP contribution is 2.20. The Kier molecular flexibility index (Phi) is 5.39. The number of carboxylic acids is 1. The molecule has 0 saturated heterocycles. The van der Waals surface area contributed by atoms with E-state index in [1.165, 1.54) is 12.1 Å². The minimum Gasteiger partial charge on any atom is -0.481 e. The molecule has 0 heterocycles. The standard InChI is InChI=1S/C17H19NO4S/c18-16-9-5-4-6-13(16)12-14(17(19)20)10-11-23(21,22)15-7-2-1-3-8-15/h1-9,14H,10-12,18H2,(H,19,20). The molecule has 0 saturated carbocycles. The Balaban J connectivity index is 2.09. The van der Waals surface area contributed by atoms with E-state index in [0.717, 1.165) is 5.56 Å². The van der Waals surface area contributed by atoms with Crippen LogP contribution in [0, 0.1) is 5.92 Å². The molecule has 2 rings (SSSR count). The average Bonchev–Trinajstić information content (AvgIpc) is 2.53. The van der Waals surface area contributed by atoms with Crippen LogP contribution in [0.4, 0.5) is 5.69 Å². The first-order valence-corrected chi connectivity index (χ1v) is 8.89. The maximum absolute atomic E-state index is 12.3. The van der Waals surface area contributed by atoms with Crippen LogP contribution in [0.1, 0.15) is 12.0 Å². The second-order valence-electron chi connectivity index (χ2n) is 5.36. The summed E-state index contributed by atoms with van der Waals surface area (Å²) in [5, 5.41) is 9.36. The van der Waals surface area contributed by atoms with Gasteiger partial charge in [0.25, 0.3) is 0 Å². The van der Waals surface area contributed by atoms with Gasteiger partial charge in [0.15, 0.2) is 9.84 Å². The zero-order valence-electron chi connectivity index (χ0n) is 12.6. The van der Waals surface area contributed by atoms with Gasteiger partial charge in [-0.3, -0.25) is 4.79 Å². The van der Waals surface area contributed by atoms with Crippen molar-refractivity contribution in [1.29, 1.82) is 0 Å². The predicted molar refractivity (Wildman–Crippen MR) is 88.8 cm³/mol. The summed E-state index contributed by atoms with van der Waals surface area (Å²) in [6, 6.07) is 15.1. The smallest absolute Gasteiger partial charge is 0.306 e. The van der Waals surface area contributed by atoms with Crippen molar-refractivity contribution >= 4 is 21.5 Å². The van der Waals surface area contributed by atoms with Crippen LogP contribution in [0.15, 0.2) is 59.5 Å². The van der Waals surface area contributed by atoms with E-state index in [1.807, 2.05) is 0 Å². The van der Waals surface area contributed by atoms with E-state index in [2.05, 4.69) is 0 Å². The molecule has 0 amide bonds. The fraction of sp³-hybridized carbons (Fsp3) is 0.235. The summed E-state index contributed by atoms with van der Waals surface area (Å²) in [5.74, 6) is -2.02. The number of nitrogen functional groups attached to an aromatic ring is 1. The number of hydrogen-bond donors (Lipinski definition) is 2. The molecule has 23 heavy (non-hydrogen) atoms. The Morgan fingerprint density at radius 1 is 1.04 bits per heavy atom. The highest BCUT2D eigenvalue weighted by molar-refractivity contribution is 7.91. The predicted octanol–water partition coefficient (Wildman–Crippen LogP) is 2.38. The molecule has 5 nitrogen and oxygen atoms in total. The van der Waals surface area contributed by atoms with Crippen LogP contribution in [0.5, 0.6) is 0 Å². The molecule has 1 atom stereocenters.